The summed E-state index contributed by atoms with van der Waals surface area (Å²) in [5.41, 5.74) is 6.44. The third-order valence-electron chi connectivity index (χ3n) is 8.34. The highest BCUT2D eigenvalue weighted by molar-refractivity contribution is 7.90. The maximum Gasteiger partial charge on any atom is 0.429 e. The van der Waals surface area contributed by atoms with E-state index in [-0.39, 0.29) is 38.8 Å². The van der Waals surface area contributed by atoms with Gasteiger partial charge >= 0.3 is 12.1 Å². The smallest absolute Gasteiger partial charge is 0.429 e. The number of nitrogens with two attached hydrogens (primary N) is 1. The number of sulfone groups is 1. The first-order chi connectivity index (χ1) is 21.2. The molecule has 45 heavy (non-hydrogen) atoms. The van der Waals surface area contributed by atoms with E-state index in [0.717, 1.165) is 6.26 Å². The van der Waals surface area contributed by atoms with Crippen LogP contribution in [-0.4, -0.2) is 67.6 Å². The Morgan fingerprint density at radius 2 is 1.91 bits per heavy atom. The van der Waals surface area contributed by atoms with E-state index in [1.807, 2.05) is 4.90 Å². The van der Waals surface area contributed by atoms with Crippen LogP contribution in [0.3, 0.4) is 0 Å². The molecular formula is C31H34F3N5O5S. The van der Waals surface area contributed by atoms with Crippen molar-refractivity contribution in [2.45, 2.75) is 49.4 Å². The number of hydrogen-bond acceptors (Lipinski definition) is 9. The number of aliphatic carboxylic acids is 1. The lowest BCUT2D eigenvalue weighted by Crippen LogP contribution is -2.41. The van der Waals surface area contributed by atoms with Gasteiger partial charge in [-0.3, -0.25) is 4.79 Å². The minimum atomic E-state index is -4.90. The van der Waals surface area contributed by atoms with Crippen LogP contribution in [0.4, 0.5) is 24.9 Å². The van der Waals surface area contributed by atoms with Crippen molar-refractivity contribution in [3.63, 3.8) is 0 Å². The summed E-state index contributed by atoms with van der Waals surface area (Å²) >= 11 is 0. The second-order valence-electron chi connectivity index (χ2n) is 11.6. The zero-order valence-corrected chi connectivity index (χ0v) is 25.5. The van der Waals surface area contributed by atoms with E-state index in [1.165, 1.54) is 36.4 Å². The summed E-state index contributed by atoms with van der Waals surface area (Å²) in [6.07, 6.45) is -1.17. The van der Waals surface area contributed by atoms with Crippen LogP contribution in [0.15, 0.2) is 59.5 Å². The number of piperidine rings is 1. The Labute approximate surface area is 259 Å². The molecule has 2 aromatic carbocycles. The molecule has 3 aromatic rings. The number of hydrogen-bond donors (Lipinski definition) is 3. The molecule has 0 bridgehead atoms. The normalized spacial score (nSPS) is 19.2. The second kappa shape index (κ2) is 12.3. The molecule has 1 spiro atoms. The number of carbonyl (C=O) groups is 1. The first-order valence-corrected chi connectivity index (χ1v) is 16.2. The van der Waals surface area contributed by atoms with Crippen LogP contribution >= 0.6 is 0 Å². The number of nitrogen functional groups attached to an aromatic ring is 1. The number of anilines is 2. The van der Waals surface area contributed by atoms with Crippen LogP contribution in [0.2, 0.25) is 0 Å². The Hall–Kier alpha value is -4.17. The van der Waals surface area contributed by atoms with Crippen molar-refractivity contribution < 1.29 is 36.2 Å². The summed E-state index contributed by atoms with van der Waals surface area (Å²) in [6, 6.07) is 10.9. The van der Waals surface area contributed by atoms with Crippen molar-refractivity contribution in [3.8, 4) is 17.0 Å². The molecule has 2 fully saturated rings. The number of ether oxygens (including phenoxy) is 1. The highest BCUT2D eigenvalue weighted by atomic mass is 32.2. The van der Waals surface area contributed by atoms with Gasteiger partial charge in [0.1, 0.15) is 11.9 Å². The fourth-order valence-corrected chi connectivity index (χ4v) is 6.68. The standard InChI is InChI=1S/C31H34F3N5O5S/c1-3-5-19-8-9-22(20-6-4-7-21(15-20)45(2,42)43)23(14-19)27(31(32,33)34)44-26-16-25(37-29(35)38-26)39-12-10-30(11-13-39)17-24(28(40)41)36-18-30/h3-9,14-16,24,27,36H,10-13,17-18H2,1-2H3,(H,40,41)(H2,35,37,38). The van der Waals surface area contributed by atoms with Gasteiger partial charge in [-0.2, -0.15) is 23.1 Å². The maximum atomic E-state index is 14.8. The number of alkyl halides is 3. The van der Waals surface area contributed by atoms with E-state index in [4.69, 9.17) is 10.5 Å². The van der Waals surface area contributed by atoms with Crippen LogP contribution in [0.5, 0.6) is 5.88 Å². The van der Waals surface area contributed by atoms with E-state index in [2.05, 4.69) is 15.3 Å². The summed E-state index contributed by atoms with van der Waals surface area (Å²) in [5.74, 6) is -1.22. The SMILES string of the molecule is CC=Cc1ccc(-c2cccc(S(C)(=O)=O)c2)c(C(Oc2cc(N3CCC4(CC3)CNC(C(=O)O)C4)nc(N)n2)C(F)(F)F)c1. The largest absolute Gasteiger partial charge is 0.480 e. The fourth-order valence-electron chi connectivity index (χ4n) is 6.01. The molecule has 2 saturated heterocycles. The van der Waals surface area contributed by atoms with Crippen molar-refractivity contribution in [2.75, 3.05) is 36.5 Å². The van der Waals surface area contributed by atoms with Gasteiger partial charge in [-0.25, -0.2) is 8.42 Å². The molecule has 2 unspecified atom stereocenters. The fraction of sp³-hybridized carbons (Fsp3) is 0.387. The zero-order valence-electron chi connectivity index (χ0n) is 24.7. The van der Waals surface area contributed by atoms with Gasteiger partial charge in [0.05, 0.1) is 4.90 Å². The predicted molar refractivity (Wildman–Crippen MR) is 163 cm³/mol. The van der Waals surface area contributed by atoms with E-state index in [9.17, 15) is 31.5 Å². The molecule has 0 aliphatic carbocycles. The quantitative estimate of drug-likeness (QED) is 0.310. The van der Waals surface area contributed by atoms with Gasteiger partial charge in [0.2, 0.25) is 17.9 Å². The third kappa shape index (κ3) is 7.22. The number of aromatic nitrogens is 2. The van der Waals surface area contributed by atoms with E-state index < -0.39 is 34.1 Å². The number of allylic oxidation sites excluding steroid dienone is 1. The average molecular weight is 646 g/mol. The molecule has 0 amide bonds. The third-order valence-corrected chi connectivity index (χ3v) is 9.45. The van der Waals surface area contributed by atoms with Gasteiger partial charge in [0, 0.05) is 37.5 Å². The summed E-state index contributed by atoms with van der Waals surface area (Å²) in [7, 11) is -3.62. The van der Waals surface area contributed by atoms with Crippen molar-refractivity contribution in [2.24, 2.45) is 5.41 Å². The van der Waals surface area contributed by atoms with Crippen molar-refractivity contribution in [1.29, 1.82) is 0 Å². The highest BCUT2D eigenvalue weighted by Crippen LogP contribution is 2.43. The molecule has 0 saturated carbocycles. The van der Waals surface area contributed by atoms with Gasteiger partial charge in [-0.1, -0.05) is 36.4 Å². The molecule has 0 radical (unpaired) electrons. The van der Waals surface area contributed by atoms with Gasteiger partial charge < -0.3 is 25.8 Å². The first kappa shape index (κ1) is 32.2. The lowest BCUT2D eigenvalue weighted by Gasteiger charge is -2.39. The number of halogens is 3. The molecule has 240 valence electrons. The lowest BCUT2D eigenvalue weighted by molar-refractivity contribution is -0.198. The van der Waals surface area contributed by atoms with Gasteiger partial charge in [-0.15, -0.1) is 0 Å². The molecule has 14 heteroatoms. The Morgan fingerprint density at radius 1 is 1.18 bits per heavy atom. The molecular weight excluding hydrogens is 611 g/mol. The molecule has 2 atom stereocenters. The number of benzene rings is 2. The number of nitrogens with zero attached hydrogens (tertiary/aromatic N) is 3. The van der Waals surface area contributed by atoms with Crippen LogP contribution < -0.4 is 20.7 Å². The number of rotatable bonds is 8. The topological polar surface area (TPSA) is 148 Å². The monoisotopic (exact) mass is 645 g/mol. The Balaban J connectivity index is 1.48. The van der Waals surface area contributed by atoms with Crippen molar-refractivity contribution >= 4 is 33.6 Å². The van der Waals surface area contributed by atoms with Gasteiger partial charge in [0.25, 0.3) is 0 Å². The maximum absolute atomic E-state index is 14.8. The summed E-state index contributed by atoms with van der Waals surface area (Å²) in [4.78, 5) is 21.5. The van der Waals surface area contributed by atoms with E-state index in [0.29, 0.717) is 50.3 Å². The molecule has 1 aromatic heterocycles. The van der Waals surface area contributed by atoms with Gasteiger partial charge in [-0.05, 0) is 66.5 Å². The van der Waals surface area contributed by atoms with E-state index in [1.54, 1.807) is 31.2 Å². The average Bonchev–Trinajstić information content (AvgIpc) is 3.39. The molecule has 3 heterocycles. The molecule has 4 N–H and O–H groups in total. The number of carboxylic acids is 1. The molecule has 5 rings (SSSR count). The summed E-state index contributed by atoms with van der Waals surface area (Å²) in [5, 5.41) is 12.4. The summed E-state index contributed by atoms with van der Waals surface area (Å²) in [6.45, 7) is 3.31. The van der Waals surface area contributed by atoms with E-state index >= 15 is 0 Å². The summed E-state index contributed by atoms with van der Waals surface area (Å²) < 4.78 is 74.5. The molecule has 10 nitrogen and oxygen atoms in total. The second-order valence-corrected chi connectivity index (χ2v) is 13.6. The zero-order chi connectivity index (χ0) is 32.6. The van der Waals surface area contributed by atoms with Crippen LogP contribution in [0.25, 0.3) is 17.2 Å². The number of nitrogens with one attached hydrogen (secondary N) is 1. The highest BCUT2D eigenvalue weighted by Gasteiger charge is 2.46. The molecule has 2 aliphatic rings. The predicted octanol–water partition coefficient (Wildman–Crippen LogP) is 4.88. The Kier molecular flexibility index (Phi) is 8.82. The lowest BCUT2D eigenvalue weighted by atomic mass is 9.76. The van der Waals surface area contributed by atoms with Crippen LogP contribution in [0.1, 0.15) is 43.4 Å². The van der Waals surface area contributed by atoms with Gasteiger partial charge in [0.15, 0.2) is 9.84 Å². The minimum absolute atomic E-state index is 0.0312. The van der Waals surface area contributed by atoms with Crippen molar-refractivity contribution in [1.82, 2.24) is 15.3 Å². The van der Waals surface area contributed by atoms with Crippen LogP contribution in [-0.2, 0) is 14.6 Å². The minimum Gasteiger partial charge on any atom is -0.480 e. The van der Waals surface area contributed by atoms with Crippen LogP contribution in [0, 0.1) is 5.41 Å². The molecule has 2 aliphatic heterocycles. The van der Waals surface area contributed by atoms with Crippen molar-refractivity contribution in [3.05, 3.63) is 65.7 Å². The Morgan fingerprint density at radius 3 is 2.53 bits per heavy atom. The number of carboxylic acid groups (broad SMARTS) is 1. The first-order valence-electron chi connectivity index (χ1n) is 14.3. The Bertz CT molecular complexity index is 1720.